The van der Waals surface area contributed by atoms with E-state index < -0.39 is 11.9 Å². The van der Waals surface area contributed by atoms with E-state index in [2.05, 4.69) is 6.92 Å². The highest BCUT2D eigenvalue weighted by atomic mass is 16.4. The lowest BCUT2D eigenvalue weighted by atomic mass is 9.89. The number of hydrogen-bond acceptors (Lipinski definition) is 2. The van der Waals surface area contributed by atoms with Crippen LogP contribution in [0.2, 0.25) is 0 Å². The summed E-state index contributed by atoms with van der Waals surface area (Å²) in [6.45, 7) is 5.47. The van der Waals surface area contributed by atoms with Gasteiger partial charge >= 0.3 is 5.97 Å². The molecule has 16 heavy (non-hydrogen) atoms. The van der Waals surface area contributed by atoms with Gasteiger partial charge in [0.1, 0.15) is 5.78 Å². The van der Waals surface area contributed by atoms with Crippen molar-refractivity contribution < 1.29 is 14.7 Å². The van der Waals surface area contributed by atoms with Gasteiger partial charge in [-0.15, -0.1) is 0 Å². The van der Waals surface area contributed by atoms with Crippen molar-refractivity contribution in [2.75, 3.05) is 0 Å². The molecule has 0 heterocycles. The van der Waals surface area contributed by atoms with Gasteiger partial charge in [0.05, 0.1) is 5.92 Å². The van der Waals surface area contributed by atoms with Crippen LogP contribution >= 0.6 is 0 Å². The largest absolute Gasteiger partial charge is 0.481 e. The summed E-state index contributed by atoms with van der Waals surface area (Å²) in [6, 6.07) is 0. The summed E-state index contributed by atoms with van der Waals surface area (Å²) in [5.74, 6) is -1.72. The summed E-state index contributed by atoms with van der Waals surface area (Å²) in [5.41, 5.74) is 0. The highest BCUT2D eigenvalue weighted by Gasteiger charge is 2.24. The highest BCUT2D eigenvalue weighted by Crippen LogP contribution is 2.16. The molecule has 0 aliphatic carbocycles. The number of Topliss-reactive ketones (excluding diaryl/α,β-unsaturated/α-hetero) is 1. The molecule has 1 N–H and O–H groups in total. The monoisotopic (exact) mass is 228 g/mol. The molecule has 0 saturated carbocycles. The molecule has 0 saturated heterocycles. The van der Waals surface area contributed by atoms with Crippen LogP contribution in [0.5, 0.6) is 0 Å². The van der Waals surface area contributed by atoms with Crippen LogP contribution in [0.3, 0.4) is 0 Å². The minimum absolute atomic E-state index is 0.0893. The predicted molar refractivity (Wildman–Crippen MR) is 64.3 cm³/mol. The van der Waals surface area contributed by atoms with Crippen LogP contribution in [0.25, 0.3) is 0 Å². The van der Waals surface area contributed by atoms with Crippen LogP contribution in [-0.2, 0) is 9.59 Å². The molecule has 0 aromatic rings. The third-order valence-corrected chi connectivity index (χ3v) is 3.17. The molecule has 3 heteroatoms. The maximum Gasteiger partial charge on any atom is 0.306 e. The second kappa shape index (κ2) is 8.31. The Labute approximate surface area is 98.2 Å². The van der Waals surface area contributed by atoms with Crippen LogP contribution < -0.4 is 0 Å². The van der Waals surface area contributed by atoms with Gasteiger partial charge in [-0.2, -0.15) is 0 Å². The van der Waals surface area contributed by atoms with E-state index in [1.54, 1.807) is 13.8 Å². The number of hydrogen-bond donors (Lipinski definition) is 1. The van der Waals surface area contributed by atoms with E-state index in [1.165, 1.54) is 19.3 Å². The van der Waals surface area contributed by atoms with Crippen molar-refractivity contribution in [3.63, 3.8) is 0 Å². The summed E-state index contributed by atoms with van der Waals surface area (Å²) >= 11 is 0. The summed E-state index contributed by atoms with van der Waals surface area (Å²) in [7, 11) is 0. The highest BCUT2D eigenvalue weighted by molar-refractivity contribution is 5.85. The average Bonchev–Trinajstić information content (AvgIpc) is 2.26. The normalized spacial score (nSPS) is 14.4. The first-order chi connectivity index (χ1) is 7.50. The van der Waals surface area contributed by atoms with Crippen LogP contribution in [0.1, 0.15) is 59.3 Å². The SMILES string of the molecule is CCCCCCCC(=O)C(C)C(C)C(=O)O. The van der Waals surface area contributed by atoms with Crippen molar-refractivity contribution in [3.05, 3.63) is 0 Å². The Morgan fingerprint density at radius 1 is 1.00 bits per heavy atom. The van der Waals surface area contributed by atoms with E-state index in [1.807, 2.05) is 0 Å². The van der Waals surface area contributed by atoms with Crippen molar-refractivity contribution >= 4 is 11.8 Å². The maximum atomic E-state index is 11.7. The minimum atomic E-state index is -0.883. The standard InChI is InChI=1S/C13H24O3/c1-4-5-6-7-8-9-12(14)10(2)11(3)13(15)16/h10-11H,4-9H2,1-3H3,(H,15,16). The third kappa shape index (κ3) is 5.89. The first kappa shape index (κ1) is 15.1. The molecule has 0 amide bonds. The Morgan fingerprint density at radius 2 is 1.56 bits per heavy atom. The summed E-state index contributed by atoms with van der Waals surface area (Å²) in [5, 5.41) is 8.79. The second-order valence-corrected chi connectivity index (χ2v) is 4.55. The van der Waals surface area contributed by atoms with Gasteiger partial charge in [-0.3, -0.25) is 9.59 Å². The van der Waals surface area contributed by atoms with E-state index in [0.717, 1.165) is 12.8 Å². The molecule has 0 aromatic heterocycles. The van der Waals surface area contributed by atoms with Crippen molar-refractivity contribution in [2.45, 2.75) is 59.3 Å². The molecule has 0 fully saturated rings. The molecule has 0 spiro atoms. The average molecular weight is 228 g/mol. The van der Waals surface area contributed by atoms with Gasteiger partial charge in [0.25, 0.3) is 0 Å². The van der Waals surface area contributed by atoms with Crippen molar-refractivity contribution in [3.8, 4) is 0 Å². The number of rotatable bonds is 9. The maximum absolute atomic E-state index is 11.7. The number of carboxylic acid groups (broad SMARTS) is 1. The van der Waals surface area contributed by atoms with E-state index >= 15 is 0 Å². The number of unbranched alkanes of at least 4 members (excludes halogenated alkanes) is 4. The van der Waals surface area contributed by atoms with Crippen LogP contribution in [0.4, 0.5) is 0 Å². The number of ketones is 1. The Morgan fingerprint density at radius 3 is 2.06 bits per heavy atom. The lowest BCUT2D eigenvalue weighted by Crippen LogP contribution is -2.25. The van der Waals surface area contributed by atoms with Gasteiger partial charge in [0, 0.05) is 12.3 Å². The minimum Gasteiger partial charge on any atom is -0.481 e. The molecule has 94 valence electrons. The number of aliphatic carboxylic acids is 1. The molecule has 0 aliphatic heterocycles. The summed E-state index contributed by atoms with van der Waals surface area (Å²) < 4.78 is 0. The van der Waals surface area contributed by atoms with Crippen molar-refractivity contribution in [2.24, 2.45) is 11.8 Å². The smallest absolute Gasteiger partial charge is 0.306 e. The predicted octanol–water partition coefficient (Wildman–Crippen LogP) is 3.27. The fourth-order valence-electron chi connectivity index (χ4n) is 1.62. The molecule has 0 aliphatic rings. The molecule has 2 unspecified atom stereocenters. The van der Waals surface area contributed by atoms with Gasteiger partial charge < -0.3 is 5.11 Å². The van der Waals surface area contributed by atoms with Gasteiger partial charge in [0.2, 0.25) is 0 Å². The van der Waals surface area contributed by atoms with Crippen molar-refractivity contribution in [1.29, 1.82) is 0 Å². The molecule has 3 nitrogen and oxygen atoms in total. The van der Waals surface area contributed by atoms with Gasteiger partial charge in [0.15, 0.2) is 0 Å². The van der Waals surface area contributed by atoms with Crippen LogP contribution in [-0.4, -0.2) is 16.9 Å². The zero-order chi connectivity index (χ0) is 12.6. The van der Waals surface area contributed by atoms with E-state index in [0.29, 0.717) is 6.42 Å². The lowest BCUT2D eigenvalue weighted by molar-refractivity contribution is -0.145. The van der Waals surface area contributed by atoms with Gasteiger partial charge in [-0.05, 0) is 6.42 Å². The lowest BCUT2D eigenvalue weighted by Gasteiger charge is -2.14. The first-order valence-corrected chi connectivity index (χ1v) is 6.26. The molecule has 0 rings (SSSR count). The molecule has 0 aromatic carbocycles. The third-order valence-electron chi connectivity index (χ3n) is 3.17. The Bertz CT molecular complexity index is 223. The first-order valence-electron chi connectivity index (χ1n) is 6.26. The van der Waals surface area contributed by atoms with Gasteiger partial charge in [-0.25, -0.2) is 0 Å². The second-order valence-electron chi connectivity index (χ2n) is 4.55. The zero-order valence-electron chi connectivity index (χ0n) is 10.7. The fourth-order valence-corrected chi connectivity index (χ4v) is 1.62. The van der Waals surface area contributed by atoms with Crippen LogP contribution in [0.15, 0.2) is 0 Å². The molecular weight excluding hydrogens is 204 g/mol. The fraction of sp³-hybridized carbons (Fsp3) is 0.846. The molecular formula is C13H24O3. The Balaban J connectivity index is 3.75. The van der Waals surface area contributed by atoms with Crippen LogP contribution in [0, 0.1) is 11.8 Å². The number of carbonyl (C=O) groups is 2. The number of carbonyl (C=O) groups excluding carboxylic acids is 1. The Kier molecular flexibility index (Phi) is 7.86. The summed E-state index contributed by atoms with van der Waals surface area (Å²) in [6.07, 6.45) is 6.09. The van der Waals surface area contributed by atoms with E-state index in [4.69, 9.17) is 5.11 Å². The molecule has 0 radical (unpaired) electrons. The van der Waals surface area contributed by atoms with E-state index in [9.17, 15) is 9.59 Å². The van der Waals surface area contributed by atoms with Gasteiger partial charge in [-0.1, -0.05) is 46.5 Å². The zero-order valence-corrected chi connectivity index (χ0v) is 10.7. The van der Waals surface area contributed by atoms with Crippen molar-refractivity contribution in [1.82, 2.24) is 0 Å². The van der Waals surface area contributed by atoms with E-state index in [-0.39, 0.29) is 11.7 Å². The quantitative estimate of drug-likeness (QED) is 0.616. The number of carboxylic acids is 1. The molecule has 2 atom stereocenters. The summed E-state index contributed by atoms with van der Waals surface area (Å²) in [4.78, 5) is 22.4. The molecule has 0 bridgehead atoms. The Hall–Kier alpha value is -0.860. The topological polar surface area (TPSA) is 54.4 Å².